The van der Waals surface area contributed by atoms with E-state index >= 15 is 0 Å². The summed E-state index contributed by atoms with van der Waals surface area (Å²) in [7, 11) is 0. The number of fused-ring (bicyclic) bond motifs is 1. The highest BCUT2D eigenvalue weighted by Gasteiger charge is 2.33. The SMILES string of the molecule is CC1CCc2c(ccc(-c3cnn([C@@H]4CCN[C@@H](C)C4)c3)c2OC2CCC2)N1C(=O)O. The number of aromatic nitrogens is 2. The van der Waals surface area contributed by atoms with Crippen LogP contribution in [0.2, 0.25) is 0 Å². The van der Waals surface area contributed by atoms with Gasteiger partial charge in [-0.15, -0.1) is 0 Å². The van der Waals surface area contributed by atoms with Crippen LogP contribution in [0.3, 0.4) is 0 Å². The van der Waals surface area contributed by atoms with Crippen LogP contribution in [-0.2, 0) is 6.42 Å². The summed E-state index contributed by atoms with van der Waals surface area (Å²) >= 11 is 0. The quantitative estimate of drug-likeness (QED) is 0.749. The second-order valence-electron chi connectivity index (χ2n) is 9.39. The summed E-state index contributed by atoms with van der Waals surface area (Å²) in [5, 5.41) is 18.0. The molecule has 5 rings (SSSR count). The molecule has 7 nitrogen and oxygen atoms in total. The largest absolute Gasteiger partial charge is 0.489 e. The van der Waals surface area contributed by atoms with Gasteiger partial charge >= 0.3 is 6.09 Å². The first-order valence-corrected chi connectivity index (χ1v) is 11.6. The van der Waals surface area contributed by atoms with Gasteiger partial charge in [0, 0.05) is 35.0 Å². The molecular weight excluding hydrogens is 392 g/mol. The molecule has 0 spiro atoms. The number of anilines is 1. The van der Waals surface area contributed by atoms with E-state index in [-0.39, 0.29) is 12.1 Å². The van der Waals surface area contributed by atoms with Gasteiger partial charge in [-0.1, -0.05) is 0 Å². The maximum Gasteiger partial charge on any atom is 0.412 e. The number of rotatable bonds is 4. The molecule has 1 aromatic heterocycles. The van der Waals surface area contributed by atoms with Crippen molar-refractivity contribution in [2.24, 2.45) is 0 Å². The molecule has 3 aliphatic rings. The predicted octanol–water partition coefficient (Wildman–Crippen LogP) is 4.61. The standard InChI is InChI=1S/C24H32N4O3/c1-15-12-18(10-11-25-15)27-14-17(13-26-27)20-8-9-22-21(23(20)31-19-4-3-5-19)7-6-16(2)28(22)24(29)30/h8-9,13-16,18-19,25H,3-7,10-12H2,1-2H3,(H,29,30)/t15-,16?,18+/m0/s1. The van der Waals surface area contributed by atoms with Crippen LogP contribution >= 0.6 is 0 Å². The number of hydrogen-bond acceptors (Lipinski definition) is 4. The van der Waals surface area contributed by atoms with E-state index in [0.29, 0.717) is 12.1 Å². The minimum absolute atomic E-state index is 0.0305. The number of carboxylic acid groups (broad SMARTS) is 1. The van der Waals surface area contributed by atoms with E-state index < -0.39 is 6.09 Å². The Balaban J connectivity index is 1.53. The van der Waals surface area contributed by atoms with E-state index in [0.717, 1.165) is 73.2 Å². The number of ether oxygens (including phenoxy) is 1. The maximum atomic E-state index is 12.0. The van der Waals surface area contributed by atoms with Crippen molar-refractivity contribution in [3.05, 3.63) is 30.1 Å². The molecule has 0 radical (unpaired) electrons. The lowest BCUT2D eigenvalue weighted by Crippen LogP contribution is -2.41. The van der Waals surface area contributed by atoms with Crippen molar-refractivity contribution in [1.29, 1.82) is 0 Å². The minimum atomic E-state index is -0.899. The predicted molar refractivity (Wildman–Crippen MR) is 120 cm³/mol. The fourth-order valence-corrected chi connectivity index (χ4v) is 5.14. The molecule has 1 aromatic carbocycles. The van der Waals surface area contributed by atoms with Gasteiger partial charge in [-0.2, -0.15) is 5.10 Å². The van der Waals surface area contributed by atoms with Crippen LogP contribution in [0.15, 0.2) is 24.5 Å². The number of nitrogens with zero attached hydrogens (tertiary/aromatic N) is 3. The van der Waals surface area contributed by atoms with Crippen LogP contribution in [-0.4, -0.2) is 45.7 Å². The molecule has 7 heteroatoms. The molecular formula is C24H32N4O3. The maximum absolute atomic E-state index is 12.0. The van der Waals surface area contributed by atoms with Gasteiger partial charge in [0.15, 0.2) is 0 Å². The molecule has 1 saturated heterocycles. The summed E-state index contributed by atoms with van der Waals surface area (Å²) in [6.45, 7) is 5.21. The van der Waals surface area contributed by atoms with Crippen LogP contribution in [0.5, 0.6) is 5.75 Å². The molecule has 2 aliphatic heterocycles. The Kier molecular flexibility index (Phi) is 5.38. The number of piperidine rings is 1. The third-order valence-corrected chi connectivity index (χ3v) is 7.17. The van der Waals surface area contributed by atoms with Crippen molar-refractivity contribution < 1.29 is 14.6 Å². The summed E-state index contributed by atoms with van der Waals surface area (Å²) < 4.78 is 8.60. The van der Waals surface area contributed by atoms with Gasteiger partial charge in [0.2, 0.25) is 0 Å². The minimum Gasteiger partial charge on any atom is -0.489 e. The first-order valence-electron chi connectivity index (χ1n) is 11.6. The van der Waals surface area contributed by atoms with Crippen LogP contribution in [0.1, 0.15) is 64.0 Å². The van der Waals surface area contributed by atoms with E-state index in [2.05, 4.69) is 23.1 Å². The van der Waals surface area contributed by atoms with Crippen LogP contribution < -0.4 is 15.0 Å². The molecule has 2 fully saturated rings. The van der Waals surface area contributed by atoms with Gasteiger partial charge in [-0.05, 0) is 77.5 Å². The average molecular weight is 425 g/mol. The highest BCUT2D eigenvalue weighted by molar-refractivity contribution is 5.91. The van der Waals surface area contributed by atoms with Crippen molar-refractivity contribution in [2.75, 3.05) is 11.4 Å². The number of carbonyl (C=O) groups is 1. The summed E-state index contributed by atoms with van der Waals surface area (Å²) in [5.74, 6) is 0.860. The fourth-order valence-electron chi connectivity index (χ4n) is 5.14. The van der Waals surface area contributed by atoms with Crippen molar-refractivity contribution in [1.82, 2.24) is 15.1 Å². The Morgan fingerprint density at radius 3 is 2.77 bits per heavy atom. The van der Waals surface area contributed by atoms with Crippen LogP contribution in [0, 0.1) is 0 Å². The zero-order chi connectivity index (χ0) is 21.5. The fraction of sp³-hybridized carbons (Fsp3) is 0.583. The summed E-state index contributed by atoms with van der Waals surface area (Å²) in [4.78, 5) is 13.5. The molecule has 3 heterocycles. The lowest BCUT2D eigenvalue weighted by Gasteiger charge is -2.36. The number of nitrogens with one attached hydrogen (secondary N) is 1. The van der Waals surface area contributed by atoms with Gasteiger partial charge in [-0.25, -0.2) is 4.79 Å². The van der Waals surface area contributed by atoms with Gasteiger partial charge in [0.05, 0.1) is 24.0 Å². The molecule has 1 aliphatic carbocycles. The summed E-state index contributed by atoms with van der Waals surface area (Å²) in [6, 6.07) is 4.84. The molecule has 2 N–H and O–H groups in total. The number of amides is 1. The molecule has 166 valence electrons. The topological polar surface area (TPSA) is 79.6 Å². The Morgan fingerprint density at radius 1 is 1.23 bits per heavy atom. The van der Waals surface area contributed by atoms with Crippen LogP contribution in [0.4, 0.5) is 10.5 Å². The van der Waals surface area contributed by atoms with Crippen molar-refractivity contribution >= 4 is 11.8 Å². The first kappa shape index (κ1) is 20.4. The molecule has 1 unspecified atom stereocenters. The van der Waals surface area contributed by atoms with Crippen molar-refractivity contribution in [3.8, 4) is 16.9 Å². The van der Waals surface area contributed by atoms with Gasteiger partial charge in [0.25, 0.3) is 0 Å². The second kappa shape index (κ2) is 8.19. The Morgan fingerprint density at radius 2 is 2.06 bits per heavy atom. The molecule has 3 atom stereocenters. The Labute approximate surface area is 183 Å². The lowest BCUT2D eigenvalue weighted by molar-refractivity contribution is 0.119. The average Bonchev–Trinajstić information content (AvgIpc) is 3.20. The molecule has 1 saturated carbocycles. The van der Waals surface area contributed by atoms with Crippen molar-refractivity contribution in [3.63, 3.8) is 0 Å². The van der Waals surface area contributed by atoms with E-state index in [9.17, 15) is 9.90 Å². The zero-order valence-electron chi connectivity index (χ0n) is 18.4. The normalized spacial score (nSPS) is 26.3. The Bertz CT molecular complexity index is 968. The lowest BCUT2D eigenvalue weighted by atomic mass is 9.91. The first-order chi connectivity index (χ1) is 15.0. The molecule has 0 bridgehead atoms. The number of benzene rings is 1. The summed E-state index contributed by atoms with van der Waals surface area (Å²) in [6.07, 6.45) is 10.5. The van der Waals surface area contributed by atoms with E-state index in [4.69, 9.17) is 9.84 Å². The third-order valence-electron chi connectivity index (χ3n) is 7.17. The highest BCUT2D eigenvalue weighted by atomic mass is 16.5. The van der Waals surface area contributed by atoms with Crippen molar-refractivity contribution in [2.45, 2.75) is 83.0 Å². The Hall–Kier alpha value is -2.54. The van der Waals surface area contributed by atoms with Gasteiger partial charge in [0.1, 0.15) is 5.75 Å². The summed E-state index contributed by atoms with van der Waals surface area (Å²) in [5.41, 5.74) is 3.86. The number of hydrogen-bond donors (Lipinski definition) is 2. The van der Waals surface area contributed by atoms with Gasteiger partial charge in [-0.3, -0.25) is 9.58 Å². The monoisotopic (exact) mass is 424 g/mol. The van der Waals surface area contributed by atoms with Crippen LogP contribution in [0.25, 0.3) is 11.1 Å². The van der Waals surface area contributed by atoms with Gasteiger partial charge < -0.3 is 15.2 Å². The van der Waals surface area contributed by atoms with E-state index in [1.165, 1.54) is 11.3 Å². The van der Waals surface area contributed by atoms with E-state index in [1.807, 2.05) is 25.3 Å². The highest BCUT2D eigenvalue weighted by Crippen LogP contribution is 2.44. The zero-order valence-corrected chi connectivity index (χ0v) is 18.4. The molecule has 2 aromatic rings. The smallest absolute Gasteiger partial charge is 0.412 e. The molecule has 31 heavy (non-hydrogen) atoms. The third kappa shape index (κ3) is 3.80. The second-order valence-corrected chi connectivity index (χ2v) is 9.39. The molecule has 1 amide bonds. The van der Waals surface area contributed by atoms with E-state index in [1.54, 1.807) is 0 Å².